The maximum Gasteiger partial charge on any atom is 0.407 e. The zero-order valence-corrected chi connectivity index (χ0v) is 20.1. The van der Waals surface area contributed by atoms with E-state index < -0.39 is 18.1 Å². The van der Waals surface area contributed by atoms with Crippen LogP contribution in [-0.2, 0) is 14.3 Å². The molecule has 2 aliphatic carbocycles. The predicted molar refractivity (Wildman–Crippen MR) is 131 cm³/mol. The quantitative estimate of drug-likeness (QED) is 0.672. The maximum absolute atomic E-state index is 13.1. The molecule has 1 saturated heterocycles. The Morgan fingerprint density at radius 1 is 0.971 bits per heavy atom. The van der Waals surface area contributed by atoms with E-state index in [-0.39, 0.29) is 42.2 Å². The summed E-state index contributed by atoms with van der Waals surface area (Å²) in [5, 5.41) is 12.5. The topological polar surface area (TPSA) is 95.9 Å². The number of likely N-dealkylation sites (tertiary alicyclic amines) is 1. The van der Waals surface area contributed by atoms with Gasteiger partial charge in [0.2, 0.25) is 5.91 Å². The fraction of sp³-hybridized carbons (Fsp3) is 0.464. The van der Waals surface area contributed by atoms with E-state index in [4.69, 9.17) is 4.74 Å². The van der Waals surface area contributed by atoms with Gasteiger partial charge in [-0.3, -0.25) is 4.79 Å². The highest BCUT2D eigenvalue weighted by Crippen LogP contribution is 2.44. The molecule has 184 valence electrons. The summed E-state index contributed by atoms with van der Waals surface area (Å²) in [7, 11) is 0. The van der Waals surface area contributed by atoms with Crippen LogP contribution in [0.3, 0.4) is 0 Å². The average molecular weight is 477 g/mol. The second-order valence-electron chi connectivity index (χ2n) is 10.4. The minimum absolute atomic E-state index is 0.0000929. The molecule has 2 amide bonds. The number of piperidine rings is 1. The third-order valence-corrected chi connectivity index (χ3v) is 7.85. The maximum atomic E-state index is 13.1. The Morgan fingerprint density at radius 3 is 2.17 bits per heavy atom. The number of benzene rings is 2. The number of carbonyl (C=O) groups is 3. The molecule has 0 spiro atoms. The van der Waals surface area contributed by atoms with Crippen LogP contribution in [0, 0.1) is 17.8 Å². The first-order valence-electron chi connectivity index (χ1n) is 12.5. The number of nitrogens with zero attached hydrogens (tertiary/aromatic N) is 1. The van der Waals surface area contributed by atoms with E-state index in [1.165, 1.54) is 11.1 Å². The molecule has 3 aliphatic rings. The molecule has 3 unspecified atom stereocenters. The molecule has 3 atom stereocenters. The van der Waals surface area contributed by atoms with Gasteiger partial charge in [0.05, 0.1) is 0 Å². The van der Waals surface area contributed by atoms with Crippen LogP contribution in [-0.4, -0.2) is 53.2 Å². The number of alkyl carbamates (subject to hydrolysis) is 1. The number of carboxylic acids is 1. The number of amides is 2. The molecule has 7 heteroatoms. The van der Waals surface area contributed by atoms with Gasteiger partial charge in [0, 0.05) is 24.4 Å². The van der Waals surface area contributed by atoms with Crippen LogP contribution in [0.1, 0.15) is 50.2 Å². The number of rotatable bonds is 5. The molecule has 7 nitrogen and oxygen atoms in total. The zero-order chi connectivity index (χ0) is 24.7. The molecule has 1 saturated carbocycles. The minimum atomic E-state index is -0.939. The number of nitrogens with one attached hydrogen (secondary N) is 1. The summed E-state index contributed by atoms with van der Waals surface area (Å²) in [5.74, 6) is -1.10. The SMILES string of the molecule is CC1CC(C)C(C(=O)O)N(C(=O)C2CC(NC(=O)OCC3c4ccccc4-c4ccccc43)C2)C1. The lowest BCUT2D eigenvalue weighted by atomic mass is 9.77. The number of hydrogen-bond donors (Lipinski definition) is 2. The molecule has 1 heterocycles. The molecule has 0 aromatic heterocycles. The largest absolute Gasteiger partial charge is 0.480 e. The number of aliphatic carboxylic acids is 1. The molecule has 1 aliphatic heterocycles. The smallest absolute Gasteiger partial charge is 0.407 e. The van der Waals surface area contributed by atoms with Crippen LogP contribution in [0.2, 0.25) is 0 Å². The van der Waals surface area contributed by atoms with Crippen molar-refractivity contribution in [2.24, 2.45) is 17.8 Å². The van der Waals surface area contributed by atoms with Crippen LogP contribution in [0.5, 0.6) is 0 Å². The van der Waals surface area contributed by atoms with Crippen molar-refractivity contribution < 1.29 is 24.2 Å². The van der Waals surface area contributed by atoms with Gasteiger partial charge in [-0.1, -0.05) is 62.4 Å². The van der Waals surface area contributed by atoms with Crippen molar-refractivity contribution in [3.63, 3.8) is 0 Å². The Morgan fingerprint density at radius 2 is 1.57 bits per heavy atom. The lowest BCUT2D eigenvalue weighted by molar-refractivity contribution is -0.159. The highest BCUT2D eigenvalue weighted by atomic mass is 16.5. The second-order valence-corrected chi connectivity index (χ2v) is 10.4. The highest BCUT2D eigenvalue weighted by molar-refractivity contribution is 5.86. The van der Waals surface area contributed by atoms with E-state index in [2.05, 4.69) is 36.5 Å². The van der Waals surface area contributed by atoms with Gasteiger partial charge in [-0.15, -0.1) is 0 Å². The molecule has 2 aromatic rings. The lowest BCUT2D eigenvalue weighted by Gasteiger charge is -2.44. The number of hydrogen-bond acceptors (Lipinski definition) is 4. The first-order chi connectivity index (χ1) is 16.8. The molecule has 2 N–H and O–H groups in total. The third kappa shape index (κ3) is 4.40. The Bertz CT molecular complexity index is 1100. The Balaban J connectivity index is 1.14. The highest BCUT2D eigenvalue weighted by Gasteiger charge is 2.45. The molecular formula is C28H32N2O5. The monoisotopic (exact) mass is 476 g/mol. The first-order valence-corrected chi connectivity index (χ1v) is 12.5. The van der Waals surface area contributed by atoms with Gasteiger partial charge < -0.3 is 20.1 Å². The number of fused-ring (bicyclic) bond motifs is 3. The molecule has 2 fully saturated rings. The van der Waals surface area contributed by atoms with E-state index >= 15 is 0 Å². The van der Waals surface area contributed by atoms with Gasteiger partial charge in [0.25, 0.3) is 0 Å². The summed E-state index contributed by atoms with van der Waals surface area (Å²) in [6, 6.07) is 15.5. The van der Waals surface area contributed by atoms with E-state index in [1.807, 2.05) is 31.2 Å². The Kier molecular flexibility index (Phi) is 6.26. The lowest BCUT2D eigenvalue weighted by Crippen LogP contribution is -2.58. The van der Waals surface area contributed by atoms with Crippen molar-refractivity contribution in [1.82, 2.24) is 10.2 Å². The fourth-order valence-corrected chi connectivity index (χ4v) is 6.18. The van der Waals surface area contributed by atoms with Crippen LogP contribution >= 0.6 is 0 Å². The van der Waals surface area contributed by atoms with Crippen molar-refractivity contribution >= 4 is 18.0 Å². The van der Waals surface area contributed by atoms with Crippen LogP contribution in [0.4, 0.5) is 4.79 Å². The summed E-state index contributed by atoms with van der Waals surface area (Å²) < 4.78 is 5.61. The Labute approximate surface area is 205 Å². The van der Waals surface area contributed by atoms with Crippen molar-refractivity contribution in [3.05, 3.63) is 59.7 Å². The number of ether oxygens (including phenoxy) is 1. The molecule has 0 radical (unpaired) electrons. The van der Waals surface area contributed by atoms with E-state index in [0.717, 1.165) is 17.5 Å². The number of carbonyl (C=O) groups excluding carboxylic acids is 2. The average Bonchev–Trinajstić information content (AvgIpc) is 3.12. The minimum Gasteiger partial charge on any atom is -0.480 e. The van der Waals surface area contributed by atoms with Gasteiger partial charge in [-0.2, -0.15) is 0 Å². The van der Waals surface area contributed by atoms with Crippen molar-refractivity contribution in [2.45, 2.75) is 51.1 Å². The number of carboxylic acid groups (broad SMARTS) is 1. The van der Waals surface area contributed by atoms with Crippen LogP contribution in [0.15, 0.2) is 48.5 Å². The van der Waals surface area contributed by atoms with E-state index in [1.54, 1.807) is 4.90 Å². The predicted octanol–water partition coefficient (Wildman–Crippen LogP) is 4.26. The summed E-state index contributed by atoms with van der Waals surface area (Å²) in [4.78, 5) is 38.9. The van der Waals surface area contributed by atoms with E-state index in [0.29, 0.717) is 19.4 Å². The van der Waals surface area contributed by atoms with Crippen molar-refractivity contribution in [1.29, 1.82) is 0 Å². The summed E-state index contributed by atoms with van der Waals surface area (Å²) >= 11 is 0. The first kappa shape index (κ1) is 23.4. The van der Waals surface area contributed by atoms with Gasteiger partial charge in [0.15, 0.2) is 0 Å². The van der Waals surface area contributed by atoms with Crippen LogP contribution in [0.25, 0.3) is 11.1 Å². The van der Waals surface area contributed by atoms with E-state index in [9.17, 15) is 19.5 Å². The molecular weight excluding hydrogens is 444 g/mol. The Hall–Kier alpha value is -3.35. The normalized spacial score (nSPS) is 27.4. The van der Waals surface area contributed by atoms with Gasteiger partial charge in [-0.05, 0) is 53.4 Å². The van der Waals surface area contributed by atoms with Gasteiger partial charge in [0.1, 0.15) is 12.6 Å². The summed E-state index contributed by atoms with van der Waals surface area (Å²) in [5.41, 5.74) is 4.68. The van der Waals surface area contributed by atoms with Crippen molar-refractivity contribution in [3.8, 4) is 11.1 Å². The fourth-order valence-electron chi connectivity index (χ4n) is 6.18. The molecule has 5 rings (SSSR count). The summed E-state index contributed by atoms with van der Waals surface area (Å²) in [6.07, 6.45) is 1.34. The molecule has 0 bridgehead atoms. The third-order valence-electron chi connectivity index (χ3n) is 7.85. The second kappa shape index (κ2) is 9.36. The van der Waals surface area contributed by atoms with Crippen molar-refractivity contribution in [2.75, 3.05) is 13.2 Å². The molecule has 35 heavy (non-hydrogen) atoms. The zero-order valence-electron chi connectivity index (χ0n) is 20.1. The van der Waals surface area contributed by atoms with Gasteiger partial charge >= 0.3 is 12.1 Å². The molecule has 2 aromatic carbocycles. The summed E-state index contributed by atoms with van der Waals surface area (Å²) in [6.45, 7) is 4.67. The van der Waals surface area contributed by atoms with Crippen LogP contribution < -0.4 is 5.32 Å². The van der Waals surface area contributed by atoms with Gasteiger partial charge in [-0.25, -0.2) is 9.59 Å². The standard InChI is InChI=1S/C28H32N2O5/c1-16-11-17(2)25(27(32)33)30(14-16)26(31)18-12-19(13-18)29-28(34)35-15-24-22-9-5-3-7-20(22)21-8-4-6-10-23(21)24/h3-10,16-19,24-25H,11-15H2,1-2H3,(H,29,34)(H,32,33).